The molecule has 0 aliphatic carbocycles. The minimum Gasteiger partial charge on any atom is -0.299 e. The Kier molecular flexibility index (Phi) is 4.19. The van der Waals surface area contributed by atoms with E-state index < -0.39 is 0 Å². The molecule has 0 amide bonds. The van der Waals surface area contributed by atoms with Crippen molar-refractivity contribution in [3.05, 3.63) is 16.4 Å². The van der Waals surface area contributed by atoms with Crippen molar-refractivity contribution in [3.8, 4) is 12.3 Å². The maximum absolute atomic E-state index is 6.09. The predicted molar refractivity (Wildman–Crippen MR) is 62.7 cm³/mol. The van der Waals surface area contributed by atoms with Crippen molar-refractivity contribution in [2.75, 3.05) is 0 Å². The fourth-order valence-electron chi connectivity index (χ4n) is 1.42. The van der Waals surface area contributed by atoms with E-state index in [1.807, 2.05) is 14.0 Å². The maximum Gasteiger partial charge on any atom is 0.131 e. The van der Waals surface area contributed by atoms with Crippen LogP contribution in [0.25, 0.3) is 0 Å². The summed E-state index contributed by atoms with van der Waals surface area (Å²) in [4.78, 5) is 0. The fraction of sp³-hybridized carbons (Fsp3) is 0.545. The second kappa shape index (κ2) is 5.20. The summed E-state index contributed by atoms with van der Waals surface area (Å²) in [7, 11) is 1.83. The zero-order valence-electron chi connectivity index (χ0n) is 9.34. The zero-order valence-corrected chi connectivity index (χ0v) is 10.1. The van der Waals surface area contributed by atoms with E-state index >= 15 is 0 Å². The van der Waals surface area contributed by atoms with Crippen molar-refractivity contribution < 1.29 is 0 Å². The second-order valence-electron chi connectivity index (χ2n) is 3.49. The summed E-state index contributed by atoms with van der Waals surface area (Å²) in [6.07, 6.45) is 6.27. The molecule has 0 spiro atoms. The van der Waals surface area contributed by atoms with Crippen molar-refractivity contribution in [1.29, 1.82) is 0 Å². The molecular formula is C11H16ClN3. The molecule has 1 atom stereocenters. The lowest BCUT2D eigenvalue weighted by molar-refractivity contribution is 0.591. The van der Waals surface area contributed by atoms with Crippen LogP contribution in [0.1, 0.15) is 24.6 Å². The summed E-state index contributed by atoms with van der Waals surface area (Å²) in [5.41, 5.74) is 1.97. The molecule has 0 saturated heterocycles. The number of nitrogens with zero attached hydrogens (tertiary/aromatic N) is 2. The molecule has 1 aromatic rings. The largest absolute Gasteiger partial charge is 0.299 e. The number of aromatic nitrogens is 2. The van der Waals surface area contributed by atoms with Gasteiger partial charge in [-0.05, 0) is 13.3 Å². The Morgan fingerprint density at radius 3 is 2.73 bits per heavy atom. The van der Waals surface area contributed by atoms with Gasteiger partial charge in [0.1, 0.15) is 5.15 Å². The van der Waals surface area contributed by atoms with Crippen molar-refractivity contribution in [1.82, 2.24) is 15.1 Å². The van der Waals surface area contributed by atoms with Crippen LogP contribution < -0.4 is 5.32 Å². The number of halogens is 1. The Labute approximate surface area is 95.8 Å². The van der Waals surface area contributed by atoms with Gasteiger partial charge in [-0.1, -0.05) is 24.4 Å². The second-order valence-corrected chi connectivity index (χ2v) is 3.84. The Morgan fingerprint density at radius 2 is 2.33 bits per heavy atom. The van der Waals surface area contributed by atoms with E-state index in [9.17, 15) is 0 Å². The summed E-state index contributed by atoms with van der Waals surface area (Å²) in [6, 6.07) is 0.0978. The van der Waals surface area contributed by atoms with Crippen LogP contribution >= 0.6 is 11.6 Å². The average Bonchev–Trinajstić information content (AvgIpc) is 2.45. The Hall–Kier alpha value is -0.980. The molecular weight excluding hydrogens is 210 g/mol. The number of hydrogen-bond donors (Lipinski definition) is 1. The maximum atomic E-state index is 6.09. The van der Waals surface area contributed by atoms with Crippen molar-refractivity contribution in [3.63, 3.8) is 0 Å². The van der Waals surface area contributed by atoms with E-state index in [2.05, 4.69) is 23.3 Å². The highest BCUT2D eigenvalue weighted by atomic mass is 35.5. The van der Waals surface area contributed by atoms with Crippen molar-refractivity contribution in [2.24, 2.45) is 7.05 Å². The Morgan fingerprint density at radius 1 is 1.67 bits per heavy atom. The monoisotopic (exact) mass is 225 g/mol. The Balaban J connectivity index is 2.69. The van der Waals surface area contributed by atoms with Crippen LogP contribution in [-0.4, -0.2) is 15.8 Å². The first-order valence-corrected chi connectivity index (χ1v) is 5.35. The summed E-state index contributed by atoms with van der Waals surface area (Å²) in [6.45, 7) is 4.66. The van der Waals surface area contributed by atoms with Gasteiger partial charge < -0.3 is 0 Å². The molecule has 1 unspecified atom stereocenters. The highest BCUT2D eigenvalue weighted by Crippen LogP contribution is 2.18. The van der Waals surface area contributed by atoms with E-state index in [-0.39, 0.29) is 6.04 Å². The van der Waals surface area contributed by atoms with Gasteiger partial charge in [0, 0.05) is 19.2 Å². The van der Waals surface area contributed by atoms with E-state index in [0.717, 1.165) is 17.7 Å². The van der Waals surface area contributed by atoms with Crippen LogP contribution in [0, 0.1) is 19.3 Å². The van der Waals surface area contributed by atoms with E-state index in [0.29, 0.717) is 11.7 Å². The van der Waals surface area contributed by atoms with Crippen LogP contribution in [0.2, 0.25) is 5.15 Å². The molecule has 1 heterocycles. The number of terminal acetylenes is 1. The van der Waals surface area contributed by atoms with Gasteiger partial charge in [-0.25, -0.2) is 0 Å². The van der Waals surface area contributed by atoms with Gasteiger partial charge in [0.25, 0.3) is 0 Å². The topological polar surface area (TPSA) is 29.9 Å². The molecule has 0 aliphatic heterocycles. The van der Waals surface area contributed by atoms with Crippen LogP contribution in [-0.2, 0) is 13.6 Å². The third-order valence-corrected chi connectivity index (χ3v) is 2.88. The number of nitrogens with one attached hydrogen (secondary N) is 1. The van der Waals surface area contributed by atoms with Crippen LogP contribution in [0.15, 0.2) is 0 Å². The summed E-state index contributed by atoms with van der Waals surface area (Å²) >= 11 is 6.09. The molecule has 1 N–H and O–H groups in total. The van der Waals surface area contributed by atoms with Crippen molar-refractivity contribution in [2.45, 2.75) is 32.9 Å². The molecule has 1 aromatic heterocycles. The minimum absolute atomic E-state index is 0.0978. The smallest absolute Gasteiger partial charge is 0.131 e. The van der Waals surface area contributed by atoms with Gasteiger partial charge in [-0.2, -0.15) is 5.10 Å². The van der Waals surface area contributed by atoms with Gasteiger partial charge in [-0.15, -0.1) is 6.42 Å². The van der Waals surface area contributed by atoms with Crippen LogP contribution in [0.5, 0.6) is 0 Å². The summed E-state index contributed by atoms with van der Waals surface area (Å²) < 4.78 is 1.67. The van der Waals surface area contributed by atoms with Gasteiger partial charge in [0.15, 0.2) is 0 Å². The number of hydrogen-bond acceptors (Lipinski definition) is 2. The van der Waals surface area contributed by atoms with Crippen LogP contribution in [0.3, 0.4) is 0 Å². The molecule has 0 saturated carbocycles. The van der Waals surface area contributed by atoms with Crippen LogP contribution in [0.4, 0.5) is 0 Å². The molecule has 0 radical (unpaired) electrons. The zero-order chi connectivity index (χ0) is 11.4. The fourth-order valence-corrected chi connectivity index (χ4v) is 1.66. The molecule has 3 nitrogen and oxygen atoms in total. The van der Waals surface area contributed by atoms with Gasteiger partial charge in [-0.3, -0.25) is 10.00 Å². The molecule has 0 aromatic carbocycles. The molecule has 0 fully saturated rings. The number of aryl methyl sites for hydroxylation is 2. The lowest BCUT2D eigenvalue weighted by atomic mass is 10.2. The predicted octanol–water partition coefficient (Wildman–Crippen LogP) is 1.88. The van der Waals surface area contributed by atoms with Gasteiger partial charge in [0.2, 0.25) is 0 Å². The lowest BCUT2D eigenvalue weighted by Gasteiger charge is -2.09. The quantitative estimate of drug-likeness (QED) is 0.794. The lowest BCUT2D eigenvalue weighted by Crippen LogP contribution is -2.26. The highest BCUT2D eigenvalue weighted by Gasteiger charge is 2.11. The first-order chi connectivity index (χ1) is 7.10. The SMILES string of the molecule is C#CC(CC)NCc1c(C)nn(C)c1Cl. The molecule has 82 valence electrons. The molecule has 1 rings (SSSR count). The van der Waals surface area contributed by atoms with Gasteiger partial charge >= 0.3 is 0 Å². The van der Waals surface area contributed by atoms with Crippen molar-refractivity contribution >= 4 is 11.6 Å². The first-order valence-electron chi connectivity index (χ1n) is 4.97. The minimum atomic E-state index is 0.0978. The first kappa shape index (κ1) is 12.1. The third kappa shape index (κ3) is 2.74. The third-order valence-electron chi connectivity index (χ3n) is 2.40. The van der Waals surface area contributed by atoms with E-state index in [1.54, 1.807) is 4.68 Å². The van der Waals surface area contributed by atoms with E-state index in [1.165, 1.54) is 0 Å². The summed E-state index contributed by atoms with van der Waals surface area (Å²) in [5, 5.41) is 8.16. The number of rotatable bonds is 4. The average molecular weight is 226 g/mol. The van der Waals surface area contributed by atoms with E-state index in [4.69, 9.17) is 18.0 Å². The normalized spacial score (nSPS) is 12.5. The molecule has 0 aliphatic rings. The standard InChI is InChI=1S/C11H16ClN3/c1-5-9(6-2)13-7-10-8(3)14-15(4)11(10)12/h1,9,13H,6-7H2,2-4H3. The summed E-state index contributed by atoms with van der Waals surface area (Å²) in [5.74, 6) is 2.69. The molecule has 4 heteroatoms. The highest BCUT2D eigenvalue weighted by molar-refractivity contribution is 6.30. The Bertz CT molecular complexity index is 376. The van der Waals surface area contributed by atoms with Gasteiger partial charge in [0.05, 0.1) is 11.7 Å². The molecule has 0 bridgehead atoms. The molecule has 15 heavy (non-hydrogen) atoms.